The van der Waals surface area contributed by atoms with Gasteiger partial charge in [-0.25, -0.2) is 12.7 Å². The predicted octanol–water partition coefficient (Wildman–Crippen LogP) is 1.73. The molecule has 1 N–H and O–H groups in total. The van der Waals surface area contributed by atoms with Crippen LogP contribution in [0.1, 0.15) is 36.0 Å². The minimum absolute atomic E-state index is 0.0381. The number of sulfonamides is 1. The lowest BCUT2D eigenvalue weighted by Crippen LogP contribution is -2.47. The van der Waals surface area contributed by atoms with Gasteiger partial charge in [-0.05, 0) is 43.5 Å². The first kappa shape index (κ1) is 21.7. The number of nitrogens with one attached hydrogen (secondary N) is 1. The van der Waals surface area contributed by atoms with Crippen molar-refractivity contribution in [1.82, 2.24) is 14.5 Å². The van der Waals surface area contributed by atoms with Gasteiger partial charge in [-0.1, -0.05) is 11.6 Å². The number of carbonyl (C=O) groups is 2. The zero-order valence-electron chi connectivity index (χ0n) is 15.7. The lowest BCUT2D eigenvalue weighted by atomic mass is 10.0. The summed E-state index contributed by atoms with van der Waals surface area (Å²) < 4.78 is 24.6. The summed E-state index contributed by atoms with van der Waals surface area (Å²) in [6, 6.07) is 6.57. The summed E-state index contributed by atoms with van der Waals surface area (Å²) >= 11 is 5.79. The Kier molecular flexibility index (Phi) is 7.64. The van der Waals surface area contributed by atoms with Crippen molar-refractivity contribution < 1.29 is 18.0 Å². The number of benzene rings is 1. The van der Waals surface area contributed by atoms with Crippen LogP contribution in [0, 0.1) is 0 Å². The second-order valence-electron chi connectivity index (χ2n) is 6.76. The van der Waals surface area contributed by atoms with Crippen LogP contribution in [0.25, 0.3) is 0 Å². The molecule has 0 aliphatic carbocycles. The second kappa shape index (κ2) is 9.52. The Morgan fingerprint density at radius 2 is 1.81 bits per heavy atom. The van der Waals surface area contributed by atoms with Gasteiger partial charge in [-0.2, -0.15) is 0 Å². The van der Waals surface area contributed by atoms with E-state index < -0.39 is 10.0 Å². The van der Waals surface area contributed by atoms with Crippen molar-refractivity contribution in [2.24, 2.45) is 0 Å². The molecule has 1 heterocycles. The molecule has 0 spiro atoms. The molecule has 7 nitrogen and oxygen atoms in total. The quantitative estimate of drug-likeness (QED) is 0.687. The van der Waals surface area contributed by atoms with E-state index in [-0.39, 0.29) is 17.9 Å². The van der Waals surface area contributed by atoms with Crippen molar-refractivity contribution in [3.63, 3.8) is 0 Å². The Labute approximate surface area is 165 Å². The molecule has 0 bridgehead atoms. The minimum atomic E-state index is -3.21. The number of hydrogen-bond donors (Lipinski definition) is 1. The van der Waals surface area contributed by atoms with E-state index in [1.165, 1.54) is 10.6 Å². The molecule has 9 heteroatoms. The van der Waals surface area contributed by atoms with Crippen LogP contribution in [0.4, 0.5) is 0 Å². The van der Waals surface area contributed by atoms with Gasteiger partial charge in [0.1, 0.15) is 0 Å². The lowest BCUT2D eigenvalue weighted by Gasteiger charge is -2.35. The number of carbonyl (C=O) groups excluding carboxylic acids is 2. The van der Waals surface area contributed by atoms with Crippen LogP contribution >= 0.6 is 11.6 Å². The first-order valence-corrected chi connectivity index (χ1v) is 11.2. The number of halogens is 1. The Hall–Kier alpha value is -1.64. The van der Waals surface area contributed by atoms with Gasteiger partial charge >= 0.3 is 0 Å². The van der Waals surface area contributed by atoms with Crippen molar-refractivity contribution >= 4 is 33.4 Å². The smallest absolute Gasteiger partial charge is 0.251 e. The van der Waals surface area contributed by atoms with Gasteiger partial charge in [0.25, 0.3) is 5.91 Å². The van der Waals surface area contributed by atoms with Crippen LogP contribution in [0.15, 0.2) is 24.3 Å². The number of nitrogens with zero attached hydrogens (tertiary/aromatic N) is 2. The fourth-order valence-electron chi connectivity index (χ4n) is 3.05. The standard InChI is InChI=1S/C18H26ClN3O4S/c1-21(27(2,25)26)16-9-12-22(13-10-16)17(23)4-3-11-20-18(24)14-5-7-15(19)8-6-14/h5-8,16H,3-4,9-13H2,1-2H3,(H,20,24). The van der Waals surface area contributed by atoms with Gasteiger partial charge in [0.15, 0.2) is 0 Å². The van der Waals surface area contributed by atoms with E-state index in [0.29, 0.717) is 55.9 Å². The summed E-state index contributed by atoms with van der Waals surface area (Å²) in [7, 11) is -1.62. The summed E-state index contributed by atoms with van der Waals surface area (Å²) in [6.45, 7) is 1.53. The average Bonchev–Trinajstić information content (AvgIpc) is 2.64. The van der Waals surface area contributed by atoms with Crippen molar-refractivity contribution in [2.75, 3.05) is 32.9 Å². The number of amides is 2. The van der Waals surface area contributed by atoms with Gasteiger partial charge in [-0.3, -0.25) is 9.59 Å². The van der Waals surface area contributed by atoms with Crippen molar-refractivity contribution in [3.8, 4) is 0 Å². The summed E-state index contributed by atoms with van der Waals surface area (Å²) in [5, 5.41) is 3.36. The molecule has 150 valence electrons. The van der Waals surface area contributed by atoms with Crippen LogP contribution in [-0.4, -0.2) is 68.4 Å². The fourth-order valence-corrected chi connectivity index (χ4v) is 3.93. The first-order valence-electron chi connectivity index (χ1n) is 8.93. The van der Waals surface area contributed by atoms with E-state index in [1.807, 2.05) is 0 Å². The Morgan fingerprint density at radius 1 is 1.22 bits per heavy atom. The van der Waals surface area contributed by atoms with Gasteiger partial charge in [0, 0.05) is 49.7 Å². The maximum Gasteiger partial charge on any atom is 0.251 e. The average molecular weight is 416 g/mol. The lowest BCUT2D eigenvalue weighted by molar-refractivity contribution is -0.132. The van der Waals surface area contributed by atoms with E-state index in [1.54, 1.807) is 36.2 Å². The van der Waals surface area contributed by atoms with E-state index in [9.17, 15) is 18.0 Å². The zero-order chi connectivity index (χ0) is 20.0. The van der Waals surface area contributed by atoms with Gasteiger partial charge in [-0.15, -0.1) is 0 Å². The molecule has 2 amide bonds. The highest BCUT2D eigenvalue weighted by molar-refractivity contribution is 7.88. The van der Waals surface area contributed by atoms with E-state index in [0.717, 1.165) is 0 Å². The minimum Gasteiger partial charge on any atom is -0.352 e. The first-order chi connectivity index (χ1) is 12.7. The monoisotopic (exact) mass is 415 g/mol. The highest BCUT2D eigenvalue weighted by atomic mass is 35.5. The molecule has 1 aromatic rings. The molecule has 0 saturated carbocycles. The zero-order valence-corrected chi connectivity index (χ0v) is 17.2. The normalized spacial score (nSPS) is 15.8. The fraction of sp³-hybridized carbons (Fsp3) is 0.556. The molecule has 2 rings (SSSR count). The third kappa shape index (κ3) is 6.48. The molecule has 0 unspecified atom stereocenters. The van der Waals surface area contributed by atoms with Crippen molar-refractivity contribution in [3.05, 3.63) is 34.9 Å². The van der Waals surface area contributed by atoms with Crippen LogP contribution in [0.2, 0.25) is 5.02 Å². The molecular weight excluding hydrogens is 390 g/mol. The molecule has 0 aromatic heterocycles. The Morgan fingerprint density at radius 3 is 2.37 bits per heavy atom. The molecule has 1 saturated heterocycles. The van der Waals surface area contributed by atoms with Gasteiger partial charge < -0.3 is 10.2 Å². The Bertz CT molecular complexity index is 759. The van der Waals surface area contributed by atoms with Crippen LogP contribution in [0.5, 0.6) is 0 Å². The van der Waals surface area contributed by atoms with Gasteiger partial charge in [0.2, 0.25) is 15.9 Å². The number of likely N-dealkylation sites (tertiary alicyclic amines) is 1. The largest absolute Gasteiger partial charge is 0.352 e. The SMILES string of the molecule is CN(C1CCN(C(=O)CCCNC(=O)c2ccc(Cl)cc2)CC1)S(C)(=O)=O. The third-order valence-electron chi connectivity index (χ3n) is 4.81. The molecular formula is C18H26ClN3O4S. The second-order valence-corrected chi connectivity index (χ2v) is 9.24. The summed E-state index contributed by atoms with van der Waals surface area (Å²) in [5.74, 6) is -0.153. The third-order valence-corrected chi connectivity index (χ3v) is 6.41. The maximum atomic E-state index is 12.3. The highest BCUT2D eigenvalue weighted by Crippen LogP contribution is 2.18. The van der Waals surface area contributed by atoms with E-state index in [4.69, 9.17) is 11.6 Å². The van der Waals surface area contributed by atoms with E-state index in [2.05, 4.69) is 5.32 Å². The van der Waals surface area contributed by atoms with Crippen LogP contribution in [0.3, 0.4) is 0 Å². The molecule has 1 aliphatic heterocycles. The molecule has 1 fully saturated rings. The molecule has 1 aliphatic rings. The summed E-state index contributed by atoms with van der Waals surface area (Å²) in [5.41, 5.74) is 0.530. The maximum absolute atomic E-state index is 12.3. The van der Waals surface area contributed by atoms with Gasteiger partial charge in [0.05, 0.1) is 6.26 Å². The summed E-state index contributed by atoms with van der Waals surface area (Å²) in [4.78, 5) is 26.0. The Balaban J connectivity index is 1.68. The predicted molar refractivity (Wildman–Crippen MR) is 105 cm³/mol. The topological polar surface area (TPSA) is 86.8 Å². The molecule has 1 aromatic carbocycles. The van der Waals surface area contributed by atoms with E-state index >= 15 is 0 Å². The molecule has 27 heavy (non-hydrogen) atoms. The number of hydrogen-bond acceptors (Lipinski definition) is 4. The van der Waals surface area contributed by atoms with Crippen LogP contribution < -0.4 is 5.32 Å². The van der Waals surface area contributed by atoms with Crippen molar-refractivity contribution in [2.45, 2.75) is 31.7 Å². The van der Waals surface area contributed by atoms with Crippen molar-refractivity contribution in [1.29, 1.82) is 0 Å². The summed E-state index contributed by atoms with van der Waals surface area (Å²) in [6.07, 6.45) is 3.39. The van der Waals surface area contributed by atoms with Crippen LogP contribution in [-0.2, 0) is 14.8 Å². The highest BCUT2D eigenvalue weighted by Gasteiger charge is 2.28. The number of rotatable bonds is 7. The number of piperidine rings is 1. The molecule has 0 radical (unpaired) electrons. The molecule has 0 atom stereocenters.